The van der Waals surface area contributed by atoms with Crippen LogP contribution in [-0.4, -0.2) is 28.0 Å². The highest BCUT2D eigenvalue weighted by atomic mass is 15.0. The molecule has 0 saturated carbocycles. The van der Waals surface area contributed by atoms with Crippen LogP contribution in [-0.2, 0) is 0 Å². The molecule has 3 aromatic rings. The third kappa shape index (κ3) is 1.81. The topological polar surface area (TPSA) is 53.6 Å². The van der Waals surface area contributed by atoms with Gasteiger partial charge in [0.25, 0.3) is 0 Å². The van der Waals surface area contributed by atoms with Gasteiger partial charge in [0.15, 0.2) is 0 Å². The second kappa shape index (κ2) is 4.17. The first-order chi connectivity index (χ1) is 9.40. The lowest BCUT2D eigenvalue weighted by atomic mass is 9.93. The van der Waals surface area contributed by atoms with E-state index in [2.05, 4.69) is 38.5 Å². The lowest BCUT2D eigenvalue weighted by Crippen LogP contribution is -2.39. The van der Waals surface area contributed by atoms with E-state index in [1.807, 2.05) is 12.1 Å². The van der Waals surface area contributed by atoms with Crippen LogP contribution in [0, 0.1) is 0 Å². The van der Waals surface area contributed by atoms with Gasteiger partial charge in [-0.25, -0.2) is 4.98 Å². The summed E-state index contributed by atoms with van der Waals surface area (Å²) in [5.74, 6) is 1.55. The van der Waals surface area contributed by atoms with E-state index in [4.69, 9.17) is 0 Å². The molecule has 2 aromatic heterocycles. The van der Waals surface area contributed by atoms with Crippen molar-refractivity contribution < 1.29 is 0 Å². The van der Waals surface area contributed by atoms with Crippen molar-refractivity contribution in [3.63, 3.8) is 0 Å². The Bertz CT molecular complexity index is 713. The Balaban J connectivity index is 1.78. The summed E-state index contributed by atoms with van der Waals surface area (Å²) in [6.45, 7) is 2.16. The van der Waals surface area contributed by atoms with Crippen LogP contribution in [0.3, 0.4) is 0 Å². The molecule has 4 nitrogen and oxygen atoms in total. The normalized spacial score (nSPS) is 15.6. The van der Waals surface area contributed by atoms with Gasteiger partial charge in [0.05, 0.1) is 11.0 Å². The third-order valence-corrected chi connectivity index (χ3v) is 3.71. The van der Waals surface area contributed by atoms with Crippen LogP contribution < -0.4 is 5.32 Å². The van der Waals surface area contributed by atoms with Gasteiger partial charge in [-0.15, -0.1) is 0 Å². The van der Waals surface area contributed by atoms with Gasteiger partial charge < -0.3 is 10.3 Å². The van der Waals surface area contributed by atoms with Crippen LogP contribution in [0.2, 0.25) is 0 Å². The molecule has 0 aliphatic carbocycles. The van der Waals surface area contributed by atoms with E-state index in [1.165, 1.54) is 5.56 Å². The summed E-state index contributed by atoms with van der Waals surface area (Å²) in [6, 6.07) is 10.4. The van der Waals surface area contributed by atoms with Crippen LogP contribution >= 0.6 is 0 Å². The molecule has 0 spiro atoms. The Morgan fingerprint density at radius 3 is 2.63 bits per heavy atom. The first-order valence-electron chi connectivity index (χ1n) is 6.51. The molecule has 3 heterocycles. The molecule has 94 valence electrons. The lowest BCUT2D eigenvalue weighted by molar-refractivity contribution is 0.449. The van der Waals surface area contributed by atoms with Crippen LogP contribution in [0.25, 0.3) is 22.4 Å². The minimum absolute atomic E-state index is 0.650. The van der Waals surface area contributed by atoms with Crippen molar-refractivity contribution in [1.82, 2.24) is 20.3 Å². The number of rotatable bonds is 2. The predicted octanol–water partition coefficient (Wildman–Crippen LogP) is 2.31. The summed E-state index contributed by atoms with van der Waals surface area (Å²) in [4.78, 5) is 12.1. The summed E-state index contributed by atoms with van der Waals surface area (Å²) in [5, 5.41) is 3.31. The SMILES string of the molecule is c1cc(-c2nc3ccc(C4CNC4)cc3[nH]2)ccn1. The second-order valence-corrected chi connectivity index (χ2v) is 4.95. The van der Waals surface area contributed by atoms with Crippen molar-refractivity contribution in [2.45, 2.75) is 5.92 Å². The largest absolute Gasteiger partial charge is 0.338 e. The minimum atomic E-state index is 0.650. The molecule has 2 N–H and O–H groups in total. The highest BCUT2D eigenvalue weighted by Gasteiger charge is 2.19. The molecule has 0 unspecified atom stereocenters. The fourth-order valence-electron chi connectivity index (χ4n) is 2.45. The number of H-pyrrole nitrogens is 1. The zero-order valence-electron chi connectivity index (χ0n) is 10.4. The highest BCUT2D eigenvalue weighted by Crippen LogP contribution is 2.25. The average molecular weight is 250 g/mol. The molecule has 0 radical (unpaired) electrons. The van der Waals surface area contributed by atoms with E-state index in [0.717, 1.165) is 35.5 Å². The van der Waals surface area contributed by atoms with Crippen LogP contribution in [0.5, 0.6) is 0 Å². The fourth-order valence-corrected chi connectivity index (χ4v) is 2.45. The maximum Gasteiger partial charge on any atom is 0.138 e. The number of hydrogen-bond donors (Lipinski definition) is 2. The van der Waals surface area contributed by atoms with Crippen molar-refractivity contribution in [1.29, 1.82) is 0 Å². The molecule has 4 rings (SSSR count). The van der Waals surface area contributed by atoms with Crippen LogP contribution in [0.15, 0.2) is 42.7 Å². The molecule has 0 atom stereocenters. The molecular formula is C15H14N4. The average Bonchev–Trinajstić information content (AvgIpc) is 2.81. The van der Waals surface area contributed by atoms with Gasteiger partial charge in [-0.3, -0.25) is 4.98 Å². The van der Waals surface area contributed by atoms with Crippen molar-refractivity contribution >= 4 is 11.0 Å². The molecule has 0 amide bonds. The van der Waals surface area contributed by atoms with Crippen molar-refractivity contribution in [3.8, 4) is 11.4 Å². The first-order valence-corrected chi connectivity index (χ1v) is 6.51. The lowest BCUT2D eigenvalue weighted by Gasteiger charge is -2.27. The molecule has 1 fully saturated rings. The summed E-state index contributed by atoms with van der Waals surface area (Å²) in [7, 11) is 0. The maximum absolute atomic E-state index is 4.63. The Kier molecular flexibility index (Phi) is 2.35. The van der Waals surface area contributed by atoms with Gasteiger partial charge in [0, 0.05) is 37.0 Å². The van der Waals surface area contributed by atoms with Gasteiger partial charge >= 0.3 is 0 Å². The number of nitrogens with one attached hydrogen (secondary N) is 2. The molecule has 19 heavy (non-hydrogen) atoms. The monoisotopic (exact) mass is 250 g/mol. The third-order valence-electron chi connectivity index (χ3n) is 3.71. The quantitative estimate of drug-likeness (QED) is 0.734. The molecule has 1 aromatic carbocycles. The van der Waals surface area contributed by atoms with Gasteiger partial charge in [0.1, 0.15) is 5.82 Å². The smallest absolute Gasteiger partial charge is 0.138 e. The Morgan fingerprint density at radius 2 is 1.89 bits per heavy atom. The van der Waals surface area contributed by atoms with Crippen LogP contribution in [0.4, 0.5) is 0 Å². The number of aromatic nitrogens is 3. The van der Waals surface area contributed by atoms with Gasteiger partial charge in [-0.2, -0.15) is 0 Å². The minimum Gasteiger partial charge on any atom is -0.338 e. The number of nitrogens with zero attached hydrogens (tertiary/aromatic N) is 2. The molecule has 1 saturated heterocycles. The fraction of sp³-hybridized carbons (Fsp3) is 0.200. The standard InChI is InChI=1S/C15H14N4/c1-2-13-14(7-11(1)12-8-17-9-12)19-15(18-13)10-3-5-16-6-4-10/h1-7,12,17H,8-9H2,(H,18,19). The second-order valence-electron chi connectivity index (χ2n) is 4.95. The van der Waals surface area contributed by atoms with Crippen LogP contribution in [0.1, 0.15) is 11.5 Å². The van der Waals surface area contributed by atoms with E-state index in [9.17, 15) is 0 Å². The number of aromatic amines is 1. The zero-order valence-corrected chi connectivity index (χ0v) is 10.4. The van der Waals surface area contributed by atoms with E-state index in [-0.39, 0.29) is 0 Å². The molecule has 1 aliphatic heterocycles. The van der Waals surface area contributed by atoms with E-state index < -0.39 is 0 Å². The van der Waals surface area contributed by atoms with Gasteiger partial charge in [-0.05, 0) is 29.8 Å². The van der Waals surface area contributed by atoms with E-state index >= 15 is 0 Å². The summed E-state index contributed by atoms with van der Waals surface area (Å²) in [6.07, 6.45) is 3.57. The van der Waals surface area contributed by atoms with Gasteiger partial charge in [0.2, 0.25) is 0 Å². The summed E-state index contributed by atoms with van der Waals surface area (Å²) < 4.78 is 0. The number of hydrogen-bond acceptors (Lipinski definition) is 3. The Labute approximate surface area is 110 Å². The predicted molar refractivity (Wildman–Crippen MR) is 74.9 cm³/mol. The molecule has 0 bridgehead atoms. The zero-order chi connectivity index (χ0) is 12.7. The Hall–Kier alpha value is -2.20. The van der Waals surface area contributed by atoms with Gasteiger partial charge in [-0.1, -0.05) is 6.07 Å². The number of fused-ring (bicyclic) bond motifs is 1. The Morgan fingerprint density at radius 1 is 1.05 bits per heavy atom. The van der Waals surface area contributed by atoms with Crippen molar-refractivity contribution in [3.05, 3.63) is 48.3 Å². The maximum atomic E-state index is 4.63. The number of benzene rings is 1. The molecular weight excluding hydrogens is 236 g/mol. The van der Waals surface area contributed by atoms with E-state index in [0.29, 0.717) is 5.92 Å². The first kappa shape index (κ1) is 10.7. The molecule has 4 heteroatoms. The number of pyridine rings is 1. The number of imidazole rings is 1. The summed E-state index contributed by atoms with van der Waals surface area (Å²) in [5.41, 5.74) is 4.58. The molecule has 1 aliphatic rings. The summed E-state index contributed by atoms with van der Waals surface area (Å²) >= 11 is 0. The van der Waals surface area contributed by atoms with Crippen molar-refractivity contribution in [2.75, 3.05) is 13.1 Å². The van der Waals surface area contributed by atoms with E-state index in [1.54, 1.807) is 12.4 Å². The highest BCUT2D eigenvalue weighted by molar-refractivity contribution is 5.80. The van der Waals surface area contributed by atoms with Crippen molar-refractivity contribution in [2.24, 2.45) is 0 Å².